The van der Waals surface area contributed by atoms with Gasteiger partial charge in [0.2, 0.25) is 5.91 Å². The lowest BCUT2D eigenvalue weighted by Gasteiger charge is -2.25. The number of amides is 1. The molecule has 1 unspecified atom stereocenters. The molecule has 2 aromatic heterocycles. The smallest absolute Gasteiger partial charge is 0.223 e. The van der Waals surface area contributed by atoms with Crippen LogP contribution in [0.25, 0.3) is 10.6 Å². The molecule has 1 fully saturated rings. The average Bonchev–Trinajstić information content (AvgIpc) is 3.38. The number of aryl methyl sites for hydroxylation is 1. The van der Waals surface area contributed by atoms with Gasteiger partial charge in [-0.1, -0.05) is 12.1 Å². The van der Waals surface area contributed by atoms with Crippen LogP contribution in [0.4, 0.5) is 4.39 Å². The zero-order chi connectivity index (χ0) is 19.3. The number of benzene rings is 1. The molecule has 0 saturated carbocycles. The summed E-state index contributed by atoms with van der Waals surface area (Å²) in [6, 6.07) is 10.7. The predicted molar refractivity (Wildman–Crippen MR) is 109 cm³/mol. The van der Waals surface area contributed by atoms with E-state index >= 15 is 0 Å². The van der Waals surface area contributed by atoms with Gasteiger partial charge in [-0.15, -0.1) is 11.3 Å². The number of thiazole rings is 1. The summed E-state index contributed by atoms with van der Waals surface area (Å²) in [5.41, 5.74) is 3.03. The second kappa shape index (κ2) is 8.61. The molecule has 4 nitrogen and oxygen atoms in total. The molecule has 144 valence electrons. The molecule has 0 aliphatic carbocycles. The number of aromatic nitrogens is 2. The SMILES string of the molecule is O=C(CCc1csc(-c2cccnc2)n1)N1CCCC1Cc1ccc(F)cc1. The fraction of sp³-hybridized carbons (Fsp3) is 0.318. The number of hydrogen-bond donors (Lipinski definition) is 0. The number of hydrogen-bond acceptors (Lipinski definition) is 4. The first-order chi connectivity index (χ1) is 13.7. The highest BCUT2D eigenvalue weighted by Crippen LogP contribution is 2.25. The van der Waals surface area contributed by atoms with Crippen molar-refractivity contribution in [2.75, 3.05) is 6.54 Å². The summed E-state index contributed by atoms with van der Waals surface area (Å²) in [6.45, 7) is 0.808. The van der Waals surface area contributed by atoms with Crippen molar-refractivity contribution in [2.45, 2.75) is 38.1 Å². The summed E-state index contributed by atoms with van der Waals surface area (Å²) in [6.07, 6.45) is 7.48. The van der Waals surface area contributed by atoms with Gasteiger partial charge in [0.25, 0.3) is 0 Å². The van der Waals surface area contributed by atoms with Gasteiger partial charge in [-0.2, -0.15) is 0 Å². The molecule has 1 atom stereocenters. The highest BCUT2D eigenvalue weighted by atomic mass is 32.1. The van der Waals surface area contributed by atoms with E-state index in [2.05, 4.69) is 9.97 Å². The van der Waals surface area contributed by atoms with Crippen LogP contribution in [0.5, 0.6) is 0 Å². The minimum absolute atomic E-state index is 0.181. The first-order valence-electron chi connectivity index (χ1n) is 9.58. The zero-order valence-electron chi connectivity index (χ0n) is 15.6. The van der Waals surface area contributed by atoms with Gasteiger partial charge in [0, 0.05) is 42.3 Å². The third kappa shape index (κ3) is 4.44. The molecule has 1 aliphatic rings. The first-order valence-corrected chi connectivity index (χ1v) is 10.5. The average molecular weight is 396 g/mol. The Hall–Kier alpha value is -2.60. The Morgan fingerprint density at radius 1 is 1.25 bits per heavy atom. The topological polar surface area (TPSA) is 46.1 Å². The van der Waals surface area contributed by atoms with Gasteiger partial charge in [0.15, 0.2) is 0 Å². The summed E-state index contributed by atoms with van der Waals surface area (Å²) < 4.78 is 13.1. The van der Waals surface area contributed by atoms with Gasteiger partial charge >= 0.3 is 0 Å². The van der Waals surface area contributed by atoms with Crippen LogP contribution < -0.4 is 0 Å². The summed E-state index contributed by atoms with van der Waals surface area (Å²) >= 11 is 1.58. The molecular weight excluding hydrogens is 373 g/mol. The maximum Gasteiger partial charge on any atom is 0.223 e. The Balaban J connectivity index is 1.34. The van der Waals surface area contributed by atoms with Gasteiger partial charge in [0.1, 0.15) is 10.8 Å². The quantitative estimate of drug-likeness (QED) is 0.617. The summed E-state index contributed by atoms with van der Waals surface area (Å²) in [4.78, 5) is 23.6. The van der Waals surface area contributed by atoms with E-state index < -0.39 is 0 Å². The van der Waals surface area contributed by atoms with E-state index in [1.54, 1.807) is 23.7 Å². The maximum atomic E-state index is 13.1. The molecule has 1 aromatic carbocycles. The number of rotatable bonds is 6. The molecule has 4 rings (SSSR count). The number of carbonyl (C=O) groups excluding carboxylic acids is 1. The van der Waals surface area contributed by atoms with Crippen molar-refractivity contribution < 1.29 is 9.18 Å². The highest BCUT2D eigenvalue weighted by molar-refractivity contribution is 7.13. The van der Waals surface area contributed by atoms with Crippen LogP contribution >= 0.6 is 11.3 Å². The molecular formula is C22H22FN3OS. The number of likely N-dealkylation sites (tertiary alicyclic amines) is 1. The Morgan fingerprint density at radius 3 is 2.89 bits per heavy atom. The van der Waals surface area contributed by atoms with E-state index in [9.17, 15) is 9.18 Å². The Kier molecular flexibility index (Phi) is 5.76. The minimum atomic E-state index is -0.225. The van der Waals surface area contributed by atoms with Crippen molar-refractivity contribution in [3.63, 3.8) is 0 Å². The van der Waals surface area contributed by atoms with Crippen molar-refractivity contribution >= 4 is 17.2 Å². The van der Waals surface area contributed by atoms with Crippen LogP contribution in [-0.2, 0) is 17.6 Å². The fourth-order valence-electron chi connectivity index (χ4n) is 3.69. The van der Waals surface area contributed by atoms with Gasteiger partial charge < -0.3 is 4.90 Å². The summed E-state index contributed by atoms with van der Waals surface area (Å²) in [5, 5.41) is 2.96. The lowest BCUT2D eigenvalue weighted by atomic mass is 10.0. The Bertz CT molecular complexity index is 926. The van der Waals surface area contributed by atoms with E-state index in [0.29, 0.717) is 12.8 Å². The van der Waals surface area contributed by atoms with Crippen LogP contribution in [0.2, 0.25) is 0 Å². The van der Waals surface area contributed by atoms with Crippen molar-refractivity contribution in [2.24, 2.45) is 0 Å². The third-order valence-electron chi connectivity index (χ3n) is 5.14. The first kappa shape index (κ1) is 18.7. The normalized spacial score (nSPS) is 16.5. The molecule has 28 heavy (non-hydrogen) atoms. The van der Waals surface area contributed by atoms with Crippen molar-refractivity contribution in [1.29, 1.82) is 0 Å². The van der Waals surface area contributed by atoms with Crippen molar-refractivity contribution in [3.05, 3.63) is 71.2 Å². The van der Waals surface area contributed by atoms with Crippen LogP contribution in [0.1, 0.15) is 30.5 Å². The van der Waals surface area contributed by atoms with E-state index in [1.165, 1.54) is 12.1 Å². The lowest BCUT2D eigenvalue weighted by Crippen LogP contribution is -2.36. The van der Waals surface area contributed by atoms with Crippen LogP contribution in [-0.4, -0.2) is 33.4 Å². The second-order valence-electron chi connectivity index (χ2n) is 7.10. The molecule has 0 radical (unpaired) electrons. The van der Waals surface area contributed by atoms with E-state index in [1.807, 2.05) is 34.5 Å². The monoisotopic (exact) mass is 395 g/mol. The minimum Gasteiger partial charge on any atom is -0.339 e. The molecule has 0 spiro atoms. The van der Waals surface area contributed by atoms with Crippen LogP contribution in [0.15, 0.2) is 54.2 Å². The Morgan fingerprint density at radius 2 is 2.11 bits per heavy atom. The molecule has 6 heteroatoms. The third-order valence-corrected chi connectivity index (χ3v) is 6.08. The molecule has 1 amide bonds. The number of halogens is 1. The standard InChI is InChI=1S/C22H22FN3OS/c23-18-7-5-16(6-8-18)13-20-4-2-12-26(20)21(27)10-9-19-15-28-22(25-19)17-3-1-11-24-14-17/h1,3,5-8,11,14-15,20H,2,4,9-10,12-13H2. The largest absolute Gasteiger partial charge is 0.339 e. The predicted octanol–water partition coefficient (Wildman–Crippen LogP) is 4.51. The molecule has 3 heterocycles. The molecule has 1 aliphatic heterocycles. The molecule has 3 aromatic rings. The van der Waals surface area contributed by atoms with Gasteiger partial charge in [-0.25, -0.2) is 9.37 Å². The molecule has 0 bridgehead atoms. The van der Waals surface area contributed by atoms with Crippen molar-refractivity contribution in [3.8, 4) is 10.6 Å². The second-order valence-corrected chi connectivity index (χ2v) is 7.96. The lowest BCUT2D eigenvalue weighted by molar-refractivity contribution is -0.131. The van der Waals surface area contributed by atoms with Gasteiger partial charge in [-0.3, -0.25) is 9.78 Å². The summed E-state index contributed by atoms with van der Waals surface area (Å²) in [5.74, 6) is -0.0439. The van der Waals surface area contributed by atoms with Crippen LogP contribution in [0, 0.1) is 5.82 Å². The fourth-order valence-corrected chi connectivity index (χ4v) is 4.54. The van der Waals surface area contributed by atoms with Gasteiger partial charge in [0.05, 0.1) is 5.69 Å². The Labute approximate surface area is 168 Å². The van der Waals surface area contributed by atoms with E-state index in [4.69, 9.17) is 0 Å². The maximum absolute atomic E-state index is 13.1. The van der Waals surface area contributed by atoms with Gasteiger partial charge in [-0.05, 0) is 55.5 Å². The number of pyridine rings is 1. The van der Waals surface area contributed by atoms with E-state index in [0.717, 1.165) is 47.6 Å². The molecule has 1 saturated heterocycles. The number of nitrogens with zero attached hydrogens (tertiary/aromatic N) is 3. The van der Waals surface area contributed by atoms with Crippen molar-refractivity contribution in [1.82, 2.24) is 14.9 Å². The molecule has 0 N–H and O–H groups in total. The highest BCUT2D eigenvalue weighted by Gasteiger charge is 2.28. The van der Waals surface area contributed by atoms with Crippen LogP contribution in [0.3, 0.4) is 0 Å². The van der Waals surface area contributed by atoms with E-state index in [-0.39, 0.29) is 17.8 Å². The summed E-state index contributed by atoms with van der Waals surface area (Å²) in [7, 11) is 0. The zero-order valence-corrected chi connectivity index (χ0v) is 16.4. The number of carbonyl (C=O) groups is 1.